The maximum absolute atomic E-state index is 14.2. The molecule has 2 aliphatic rings. The first-order valence-corrected chi connectivity index (χ1v) is 16.9. The fourth-order valence-corrected chi connectivity index (χ4v) is 7.96. The Morgan fingerprint density at radius 1 is 1.00 bits per heavy atom. The van der Waals surface area contributed by atoms with Crippen molar-refractivity contribution >= 4 is 49.9 Å². The van der Waals surface area contributed by atoms with Crippen LogP contribution in [0.15, 0.2) is 70.9 Å². The number of fused-ring (bicyclic) bond motifs is 1. The summed E-state index contributed by atoms with van der Waals surface area (Å²) in [5.74, 6) is -0.646. The maximum Gasteiger partial charge on any atom is 0.249 e. The van der Waals surface area contributed by atoms with Crippen LogP contribution in [0, 0.1) is 0 Å². The standard InChI is InChI=1S/C30H34N6O5S2/c37-28(21-35-26-10-5-4-9-25(26)32-33-35)36(23-12-14-24(15-13-23)43(39,40)34-16-18-41-19-17-34)29(27-11-6-20-42-27)30(38)31-22-7-2-1-3-8-22/h4-6,9-15,20,22,29H,1-3,7-8,16-19,21H2,(H,31,38). The van der Waals surface area contributed by atoms with Crippen LogP contribution in [0.25, 0.3) is 11.0 Å². The quantitative estimate of drug-likeness (QED) is 0.301. The zero-order valence-corrected chi connectivity index (χ0v) is 25.3. The van der Waals surface area contributed by atoms with Crippen LogP contribution in [0.3, 0.4) is 0 Å². The molecule has 2 fully saturated rings. The summed E-state index contributed by atoms with van der Waals surface area (Å²) in [5.41, 5.74) is 1.76. The van der Waals surface area contributed by atoms with Crippen LogP contribution in [0.4, 0.5) is 5.69 Å². The predicted molar refractivity (Wildman–Crippen MR) is 163 cm³/mol. The molecule has 1 atom stereocenters. The number of nitrogens with zero attached hydrogens (tertiary/aromatic N) is 5. The average molecular weight is 623 g/mol. The Balaban J connectivity index is 1.37. The van der Waals surface area contributed by atoms with Crippen molar-refractivity contribution in [3.63, 3.8) is 0 Å². The largest absolute Gasteiger partial charge is 0.379 e. The number of hydrogen-bond donors (Lipinski definition) is 1. The average Bonchev–Trinajstić information content (AvgIpc) is 3.71. The molecular weight excluding hydrogens is 589 g/mol. The fraction of sp³-hybridized carbons (Fsp3) is 0.400. The number of ether oxygens (including phenoxy) is 1. The Morgan fingerprint density at radius 2 is 1.74 bits per heavy atom. The predicted octanol–water partition coefficient (Wildman–Crippen LogP) is 3.74. The maximum atomic E-state index is 14.2. The lowest BCUT2D eigenvalue weighted by molar-refractivity contribution is -0.127. The molecule has 0 bridgehead atoms. The van der Waals surface area contributed by atoms with Gasteiger partial charge in [-0.05, 0) is 60.7 Å². The second-order valence-corrected chi connectivity index (χ2v) is 13.7. The molecule has 4 aromatic rings. The summed E-state index contributed by atoms with van der Waals surface area (Å²) in [4.78, 5) is 30.6. The Labute approximate surface area is 254 Å². The molecule has 43 heavy (non-hydrogen) atoms. The lowest BCUT2D eigenvalue weighted by Crippen LogP contribution is -2.48. The number of sulfonamides is 1. The van der Waals surface area contributed by atoms with E-state index in [-0.39, 0.29) is 42.4 Å². The fourth-order valence-electron chi connectivity index (χ4n) is 5.74. The number of benzene rings is 2. The molecule has 2 aromatic carbocycles. The summed E-state index contributed by atoms with van der Waals surface area (Å²) in [7, 11) is -3.74. The van der Waals surface area contributed by atoms with Crippen LogP contribution in [0.5, 0.6) is 0 Å². The van der Waals surface area contributed by atoms with Crippen LogP contribution in [-0.4, -0.2) is 71.9 Å². The summed E-state index contributed by atoms with van der Waals surface area (Å²) < 4.78 is 34.8. The van der Waals surface area contributed by atoms with Gasteiger partial charge in [0.1, 0.15) is 18.1 Å². The van der Waals surface area contributed by atoms with Gasteiger partial charge < -0.3 is 10.1 Å². The Morgan fingerprint density at radius 3 is 2.47 bits per heavy atom. The summed E-state index contributed by atoms with van der Waals surface area (Å²) in [6.07, 6.45) is 5.05. The molecular formula is C30H34N6O5S2. The van der Waals surface area contributed by atoms with E-state index < -0.39 is 16.1 Å². The first kappa shape index (κ1) is 29.4. The molecule has 1 saturated heterocycles. The minimum absolute atomic E-state index is 0.0426. The Kier molecular flexibility index (Phi) is 8.84. The number of hydrogen-bond acceptors (Lipinski definition) is 8. The number of carbonyl (C=O) groups excluding carboxylic acids is 2. The van der Waals surface area contributed by atoms with Crippen LogP contribution >= 0.6 is 11.3 Å². The van der Waals surface area contributed by atoms with Crippen LogP contribution < -0.4 is 10.2 Å². The van der Waals surface area contributed by atoms with Gasteiger partial charge in [-0.2, -0.15) is 4.31 Å². The molecule has 6 rings (SSSR count). The number of anilines is 1. The van der Waals surface area contributed by atoms with E-state index in [1.54, 1.807) is 12.1 Å². The van der Waals surface area contributed by atoms with Gasteiger partial charge in [0.15, 0.2) is 0 Å². The van der Waals surface area contributed by atoms with E-state index >= 15 is 0 Å². The van der Waals surface area contributed by atoms with Gasteiger partial charge in [-0.15, -0.1) is 16.4 Å². The van der Waals surface area contributed by atoms with E-state index in [4.69, 9.17) is 4.74 Å². The molecule has 1 unspecified atom stereocenters. The lowest BCUT2D eigenvalue weighted by atomic mass is 9.95. The first-order valence-electron chi connectivity index (χ1n) is 14.5. The molecule has 1 aliphatic heterocycles. The van der Waals surface area contributed by atoms with E-state index in [2.05, 4.69) is 15.6 Å². The highest BCUT2D eigenvalue weighted by Crippen LogP contribution is 2.33. The number of thiophene rings is 1. The van der Waals surface area contributed by atoms with Crippen molar-refractivity contribution in [1.82, 2.24) is 24.6 Å². The summed E-state index contributed by atoms with van der Waals surface area (Å²) in [5, 5.41) is 13.5. The summed E-state index contributed by atoms with van der Waals surface area (Å²) in [6, 6.07) is 16.3. The number of carbonyl (C=O) groups is 2. The van der Waals surface area contributed by atoms with Gasteiger partial charge in [-0.1, -0.05) is 42.7 Å². The van der Waals surface area contributed by atoms with Crippen molar-refractivity contribution in [1.29, 1.82) is 0 Å². The lowest BCUT2D eigenvalue weighted by Gasteiger charge is -2.33. The molecule has 0 spiro atoms. The van der Waals surface area contributed by atoms with Gasteiger partial charge in [0.2, 0.25) is 21.8 Å². The second kappa shape index (κ2) is 12.9. The first-order chi connectivity index (χ1) is 20.9. The van der Waals surface area contributed by atoms with E-state index in [0.29, 0.717) is 34.8 Å². The normalized spacial score (nSPS) is 17.5. The van der Waals surface area contributed by atoms with Crippen molar-refractivity contribution in [2.75, 3.05) is 31.2 Å². The third-order valence-electron chi connectivity index (χ3n) is 7.97. The molecule has 13 heteroatoms. The smallest absolute Gasteiger partial charge is 0.249 e. The summed E-state index contributed by atoms with van der Waals surface area (Å²) in [6.45, 7) is 1.09. The van der Waals surface area contributed by atoms with Crippen LogP contribution in [0.2, 0.25) is 0 Å². The van der Waals surface area contributed by atoms with Gasteiger partial charge >= 0.3 is 0 Å². The Bertz CT molecular complexity index is 1660. The molecule has 1 saturated carbocycles. The van der Waals surface area contributed by atoms with Gasteiger partial charge in [-0.3, -0.25) is 14.5 Å². The monoisotopic (exact) mass is 622 g/mol. The van der Waals surface area contributed by atoms with Crippen molar-refractivity contribution in [2.24, 2.45) is 0 Å². The van der Waals surface area contributed by atoms with Crippen molar-refractivity contribution in [2.45, 2.75) is 55.6 Å². The molecule has 226 valence electrons. The van der Waals surface area contributed by atoms with E-state index in [0.717, 1.165) is 32.1 Å². The second-order valence-electron chi connectivity index (χ2n) is 10.8. The zero-order valence-electron chi connectivity index (χ0n) is 23.7. The van der Waals surface area contributed by atoms with Crippen LogP contribution in [-0.2, 0) is 30.9 Å². The highest BCUT2D eigenvalue weighted by atomic mass is 32.2. The zero-order chi connectivity index (χ0) is 29.8. The third-order valence-corrected chi connectivity index (χ3v) is 10.8. The van der Waals surface area contributed by atoms with E-state index in [9.17, 15) is 18.0 Å². The van der Waals surface area contributed by atoms with Gasteiger partial charge in [0.05, 0.1) is 23.6 Å². The summed E-state index contributed by atoms with van der Waals surface area (Å²) >= 11 is 1.39. The van der Waals surface area contributed by atoms with Crippen molar-refractivity contribution < 1.29 is 22.7 Å². The number of rotatable bonds is 9. The minimum Gasteiger partial charge on any atom is -0.379 e. The topological polar surface area (TPSA) is 127 Å². The number of nitrogens with one attached hydrogen (secondary N) is 1. The van der Waals surface area contributed by atoms with E-state index in [1.165, 1.54) is 37.4 Å². The molecule has 3 heterocycles. The third kappa shape index (κ3) is 6.35. The van der Waals surface area contributed by atoms with Gasteiger partial charge in [-0.25, -0.2) is 13.1 Å². The highest BCUT2D eigenvalue weighted by molar-refractivity contribution is 7.89. The van der Waals surface area contributed by atoms with Crippen LogP contribution in [0.1, 0.15) is 43.0 Å². The SMILES string of the molecule is O=C(NC1CCCCC1)C(c1cccs1)N(C(=O)Cn1nnc2ccccc21)c1ccc(S(=O)(=O)N2CCOCC2)cc1. The highest BCUT2D eigenvalue weighted by Gasteiger charge is 2.36. The minimum atomic E-state index is -3.74. The van der Waals surface area contributed by atoms with Crippen molar-refractivity contribution in [3.8, 4) is 0 Å². The molecule has 0 radical (unpaired) electrons. The van der Waals surface area contributed by atoms with Gasteiger partial charge in [0, 0.05) is 29.7 Å². The molecule has 1 N–H and O–H groups in total. The molecule has 2 amide bonds. The number of aromatic nitrogens is 3. The number of morpholine rings is 1. The molecule has 11 nitrogen and oxygen atoms in total. The van der Waals surface area contributed by atoms with Crippen molar-refractivity contribution in [3.05, 3.63) is 70.9 Å². The number of para-hydroxylation sites is 1. The van der Waals surface area contributed by atoms with E-state index in [1.807, 2.05) is 41.8 Å². The number of amides is 2. The van der Waals surface area contributed by atoms with Gasteiger partial charge in [0.25, 0.3) is 0 Å². The Hall–Kier alpha value is -3.65. The molecule has 1 aliphatic carbocycles. The molecule has 2 aromatic heterocycles.